The molecular formula is C24H27ClN4O5. The van der Waals surface area contributed by atoms with Gasteiger partial charge in [0, 0.05) is 36.8 Å². The van der Waals surface area contributed by atoms with Crippen LogP contribution in [-0.4, -0.2) is 46.7 Å². The first kappa shape index (κ1) is 25.2. The van der Waals surface area contributed by atoms with Gasteiger partial charge in [0.15, 0.2) is 0 Å². The fourth-order valence-corrected chi connectivity index (χ4v) is 4.12. The number of nitro groups is 1. The van der Waals surface area contributed by atoms with Crippen molar-refractivity contribution in [1.82, 2.24) is 10.2 Å². The van der Waals surface area contributed by atoms with Gasteiger partial charge < -0.3 is 15.5 Å². The predicted molar refractivity (Wildman–Crippen MR) is 129 cm³/mol. The van der Waals surface area contributed by atoms with E-state index in [0.29, 0.717) is 25.9 Å². The number of para-hydroxylation sites is 1. The van der Waals surface area contributed by atoms with E-state index in [2.05, 4.69) is 10.6 Å². The van der Waals surface area contributed by atoms with Gasteiger partial charge in [0.25, 0.3) is 11.6 Å². The first-order valence-electron chi connectivity index (χ1n) is 11.1. The highest BCUT2D eigenvalue weighted by Gasteiger charge is 2.33. The Morgan fingerprint density at radius 2 is 1.74 bits per heavy atom. The highest BCUT2D eigenvalue weighted by Crippen LogP contribution is 2.24. The number of hydrogen-bond donors (Lipinski definition) is 2. The number of piperidine rings is 1. The third-order valence-electron chi connectivity index (χ3n) is 5.85. The fraction of sp³-hybridized carbons (Fsp3) is 0.375. The normalized spacial score (nSPS) is 15.0. The Hall–Kier alpha value is -3.46. The minimum atomic E-state index is -0.798. The smallest absolute Gasteiger partial charge is 0.270 e. The van der Waals surface area contributed by atoms with Crippen molar-refractivity contribution in [3.8, 4) is 0 Å². The number of non-ortho nitro benzene ring substituents is 1. The van der Waals surface area contributed by atoms with Crippen LogP contribution in [-0.2, 0) is 9.59 Å². The van der Waals surface area contributed by atoms with Crippen LogP contribution in [0.1, 0.15) is 37.0 Å². The van der Waals surface area contributed by atoms with E-state index in [0.717, 1.165) is 11.8 Å². The lowest BCUT2D eigenvalue weighted by Crippen LogP contribution is -2.53. The van der Waals surface area contributed by atoms with Gasteiger partial charge in [-0.25, -0.2) is 0 Å². The van der Waals surface area contributed by atoms with E-state index >= 15 is 0 Å². The van der Waals surface area contributed by atoms with Crippen LogP contribution in [0, 0.1) is 22.0 Å². The van der Waals surface area contributed by atoms with Crippen molar-refractivity contribution in [2.24, 2.45) is 11.8 Å². The topological polar surface area (TPSA) is 122 Å². The monoisotopic (exact) mass is 486 g/mol. The molecule has 2 aromatic rings. The summed E-state index contributed by atoms with van der Waals surface area (Å²) in [7, 11) is 0. The van der Waals surface area contributed by atoms with Gasteiger partial charge in [-0.3, -0.25) is 24.5 Å². The molecule has 1 saturated heterocycles. The van der Waals surface area contributed by atoms with Crippen LogP contribution in [0.5, 0.6) is 0 Å². The molecule has 1 fully saturated rings. The number of rotatable bonds is 7. The quantitative estimate of drug-likeness (QED) is 0.454. The van der Waals surface area contributed by atoms with Gasteiger partial charge in [-0.1, -0.05) is 43.6 Å². The molecule has 1 aliphatic rings. The average Bonchev–Trinajstić information content (AvgIpc) is 2.82. The first-order chi connectivity index (χ1) is 16.2. The Labute approximate surface area is 202 Å². The molecule has 34 heavy (non-hydrogen) atoms. The van der Waals surface area contributed by atoms with Crippen LogP contribution >= 0.6 is 11.6 Å². The number of anilines is 1. The zero-order valence-electron chi connectivity index (χ0n) is 19.0. The molecule has 1 aliphatic heterocycles. The molecule has 3 amide bonds. The lowest BCUT2D eigenvalue weighted by atomic mass is 9.94. The second-order valence-corrected chi connectivity index (χ2v) is 8.98. The van der Waals surface area contributed by atoms with E-state index in [1.807, 2.05) is 44.2 Å². The van der Waals surface area contributed by atoms with Crippen molar-refractivity contribution in [2.75, 3.05) is 18.4 Å². The van der Waals surface area contributed by atoms with Crippen molar-refractivity contribution in [3.05, 3.63) is 69.2 Å². The summed E-state index contributed by atoms with van der Waals surface area (Å²) in [6.45, 7) is 4.45. The average molecular weight is 487 g/mol. The second kappa shape index (κ2) is 11.1. The number of hydrogen-bond acceptors (Lipinski definition) is 5. The van der Waals surface area contributed by atoms with Crippen LogP contribution in [0.3, 0.4) is 0 Å². The maximum Gasteiger partial charge on any atom is 0.270 e. The molecule has 3 rings (SSSR count). The van der Waals surface area contributed by atoms with Crippen molar-refractivity contribution in [3.63, 3.8) is 0 Å². The van der Waals surface area contributed by atoms with Crippen LogP contribution < -0.4 is 10.6 Å². The standard InChI is InChI=1S/C24H27ClN4O5/c1-15(2)21(27-23(31)19-9-8-18(29(33)34)14-20(19)25)24(32)28-12-10-16(11-13-28)22(30)26-17-6-4-3-5-7-17/h3-9,14-16,21H,10-13H2,1-2H3,(H,26,30)(H,27,31)/t21-/m1/s1. The first-order valence-corrected chi connectivity index (χ1v) is 11.4. The van der Waals surface area contributed by atoms with Gasteiger partial charge in [-0.05, 0) is 37.0 Å². The molecule has 0 spiro atoms. The Kier molecular flexibility index (Phi) is 8.22. The third kappa shape index (κ3) is 6.11. The van der Waals surface area contributed by atoms with Gasteiger partial charge in [0.05, 0.1) is 15.5 Å². The Morgan fingerprint density at radius 1 is 1.09 bits per heavy atom. The molecule has 10 heteroatoms. The van der Waals surface area contributed by atoms with Gasteiger partial charge in [-0.15, -0.1) is 0 Å². The number of amides is 3. The molecule has 0 saturated carbocycles. The largest absolute Gasteiger partial charge is 0.341 e. The molecule has 9 nitrogen and oxygen atoms in total. The van der Waals surface area contributed by atoms with Crippen LogP contribution in [0.2, 0.25) is 5.02 Å². The van der Waals surface area contributed by atoms with E-state index in [4.69, 9.17) is 11.6 Å². The van der Waals surface area contributed by atoms with Crippen molar-refractivity contribution in [2.45, 2.75) is 32.7 Å². The molecule has 2 N–H and O–H groups in total. The molecule has 1 atom stereocenters. The Morgan fingerprint density at radius 3 is 2.29 bits per heavy atom. The number of carbonyl (C=O) groups is 3. The summed E-state index contributed by atoms with van der Waals surface area (Å²) in [6, 6.07) is 12.0. The molecule has 0 unspecified atom stereocenters. The SMILES string of the molecule is CC(C)[C@@H](NC(=O)c1ccc([N+](=O)[O-])cc1Cl)C(=O)N1CCC(C(=O)Nc2ccccc2)CC1. The second-order valence-electron chi connectivity index (χ2n) is 8.57. The van der Waals surface area contributed by atoms with Crippen molar-refractivity contribution in [1.29, 1.82) is 0 Å². The molecule has 0 aromatic heterocycles. The summed E-state index contributed by atoms with van der Waals surface area (Å²) >= 11 is 6.06. The zero-order valence-corrected chi connectivity index (χ0v) is 19.7. The maximum atomic E-state index is 13.2. The van der Waals surface area contributed by atoms with Crippen molar-refractivity contribution < 1.29 is 19.3 Å². The van der Waals surface area contributed by atoms with Gasteiger partial charge in [-0.2, -0.15) is 0 Å². The van der Waals surface area contributed by atoms with Crippen LogP contribution in [0.4, 0.5) is 11.4 Å². The summed E-state index contributed by atoms with van der Waals surface area (Å²) in [5.74, 6) is -1.28. The minimum Gasteiger partial charge on any atom is -0.341 e. The Bertz CT molecular complexity index is 1070. The molecular weight excluding hydrogens is 460 g/mol. The lowest BCUT2D eigenvalue weighted by molar-refractivity contribution is -0.384. The van der Waals surface area contributed by atoms with E-state index in [1.165, 1.54) is 12.1 Å². The number of nitro benzene ring substituents is 1. The van der Waals surface area contributed by atoms with Crippen molar-refractivity contribution >= 4 is 40.7 Å². The number of carbonyl (C=O) groups excluding carboxylic acids is 3. The van der Waals surface area contributed by atoms with E-state index < -0.39 is 16.9 Å². The number of benzene rings is 2. The highest BCUT2D eigenvalue weighted by molar-refractivity contribution is 6.34. The lowest BCUT2D eigenvalue weighted by Gasteiger charge is -2.35. The molecule has 1 heterocycles. The minimum absolute atomic E-state index is 0.0574. The number of nitrogens with zero attached hydrogens (tertiary/aromatic N) is 2. The zero-order chi connectivity index (χ0) is 24.8. The summed E-state index contributed by atoms with van der Waals surface area (Å²) < 4.78 is 0. The molecule has 2 aromatic carbocycles. The molecule has 0 aliphatic carbocycles. The molecule has 180 valence electrons. The van der Waals surface area contributed by atoms with E-state index in [-0.39, 0.29) is 39.9 Å². The van der Waals surface area contributed by atoms with Gasteiger partial charge >= 0.3 is 0 Å². The summed E-state index contributed by atoms with van der Waals surface area (Å²) in [5.41, 5.74) is 0.567. The summed E-state index contributed by atoms with van der Waals surface area (Å²) in [6.07, 6.45) is 1.05. The number of nitrogens with one attached hydrogen (secondary N) is 2. The fourth-order valence-electron chi connectivity index (χ4n) is 3.86. The van der Waals surface area contributed by atoms with Crippen LogP contribution in [0.15, 0.2) is 48.5 Å². The van der Waals surface area contributed by atoms with E-state index in [9.17, 15) is 24.5 Å². The third-order valence-corrected chi connectivity index (χ3v) is 6.16. The van der Waals surface area contributed by atoms with Gasteiger partial charge in [0.1, 0.15) is 6.04 Å². The maximum absolute atomic E-state index is 13.2. The summed E-state index contributed by atoms with van der Waals surface area (Å²) in [5, 5.41) is 16.5. The van der Waals surface area contributed by atoms with Gasteiger partial charge in [0.2, 0.25) is 11.8 Å². The number of halogens is 1. The van der Waals surface area contributed by atoms with E-state index in [1.54, 1.807) is 4.90 Å². The molecule has 0 bridgehead atoms. The summed E-state index contributed by atoms with van der Waals surface area (Å²) in [4.78, 5) is 50.5. The highest BCUT2D eigenvalue weighted by atomic mass is 35.5. The Balaban J connectivity index is 1.60. The predicted octanol–water partition coefficient (Wildman–Crippen LogP) is 3.88. The van der Waals surface area contributed by atoms with Crippen LogP contribution in [0.25, 0.3) is 0 Å². The number of likely N-dealkylation sites (tertiary alicyclic amines) is 1. The molecule has 0 radical (unpaired) electrons.